The van der Waals surface area contributed by atoms with Crippen LogP contribution in [0.1, 0.15) is 34.9 Å². The quantitative estimate of drug-likeness (QED) is 0.561. The molecule has 2 aliphatic heterocycles. The van der Waals surface area contributed by atoms with Crippen molar-refractivity contribution in [2.75, 3.05) is 24.7 Å². The molecule has 1 N–H and O–H groups in total. The molecular formula is C27H28N2O4S. The van der Waals surface area contributed by atoms with Gasteiger partial charge in [-0.2, -0.15) is 0 Å². The van der Waals surface area contributed by atoms with Crippen molar-refractivity contribution in [1.82, 2.24) is 5.32 Å². The number of anilines is 1. The number of piperidine rings is 1. The molecular weight excluding hydrogens is 448 g/mol. The maximum Gasteiger partial charge on any atom is 0.227 e. The fourth-order valence-corrected chi connectivity index (χ4v) is 5.55. The minimum absolute atomic E-state index is 0.0134. The number of carbonyl (C=O) groups is 2. The first kappa shape index (κ1) is 22.5. The van der Waals surface area contributed by atoms with Gasteiger partial charge in [-0.3, -0.25) is 9.59 Å². The largest absolute Gasteiger partial charge is 0.486 e. The van der Waals surface area contributed by atoms with Crippen molar-refractivity contribution < 1.29 is 19.1 Å². The molecule has 3 aromatic rings. The van der Waals surface area contributed by atoms with E-state index in [9.17, 15) is 9.59 Å². The highest BCUT2D eigenvalue weighted by molar-refractivity contribution is 7.10. The Hall–Kier alpha value is -3.32. The standard InChI is InChI=1S/C27H28N2O4S/c1-18-4-7-20(8-5-18)29-25(30)11-9-21(26(29)24-3-2-16-34-24)27(31)28-13-12-19-6-10-22-23(17-19)33-15-14-32-22/h2-8,10,16-17,21,26H,9,11-15H2,1H3,(H,28,31). The second-order valence-electron chi connectivity index (χ2n) is 8.72. The van der Waals surface area contributed by atoms with Crippen LogP contribution in [0, 0.1) is 12.8 Å². The lowest BCUT2D eigenvalue weighted by atomic mass is 9.86. The summed E-state index contributed by atoms with van der Waals surface area (Å²) < 4.78 is 11.2. The zero-order valence-electron chi connectivity index (χ0n) is 19.2. The van der Waals surface area contributed by atoms with Crippen molar-refractivity contribution in [3.8, 4) is 11.5 Å². The summed E-state index contributed by atoms with van der Waals surface area (Å²) in [6.07, 6.45) is 1.59. The molecule has 5 rings (SSSR count). The van der Waals surface area contributed by atoms with Gasteiger partial charge in [-0.05, 0) is 61.0 Å². The number of carbonyl (C=O) groups excluding carboxylic acids is 2. The lowest BCUT2D eigenvalue weighted by molar-refractivity contribution is -0.129. The molecule has 0 saturated carbocycles. The van der Waals surface area contributed by atoms with E-state index in [2.05, 4.69) is 5.32 Å². The van der Waals surface area contributed by atoms with Gasteiger partial charge in [0.2, 0.25) is 11.8 Å². The molecule has 1 saturated heterocycles. The fraction of sp³-hybridized carbons (Fsp3) is 0.333. The molecule has 3 heterocycles. The van der Waals surface area contributed by atoms with Crippen LogP contribution in [0.3, 0.4) is 0 Å². The summed E-state index contributed by atoms with van der Waals surface area (Å²) in [5.74, 6) is 1.26. The summed E-state index contributed by atoms with van der Waals surface area (Å²) in [6, 6.07) is 17.5. The normalized spacial score (nSPS) is 19.7. The molecule has 0 aliphatic carbocycles. The van der Waals surface area contributed by atoms with Crippen LogP contribution in [0.4, 0.5) is 5.69 Å². The van der Waals surface area contributed by atoms with Gasteiger partial charge in [0.05, 0.1) is 12.0 Å². The summed E-state index contributed by atoms with van der Waals surface area (Å²) in [5.41, 5.74) is 3.05. The summed E-state index contributed by atoms with van der Waals surface area (Å²) >= 11 is 1.59. The number of ether oxygens (including phenoxy) is 2. The molecule has 1 fully saturated rings. The Morgan fingerprint density at radius 1 is 1.09 bits per heavy atom. The zero-order valence-corrected chi connectivity index (χ0v) is 20.0. The number of benzene rings is 2. The Morgan fingerprint density at radius 3 is 2.65 bits per heavy atom. The molecule has 0 bridgehead atoms. The van der Waals surface area contributed by atoms with Gasteiger partial charge in [0.1, 0.15) is 13.2 Å². The minimum atomic E-state index is -0.307. The van der Waals surface area contributed by atoms with E-state index in [-0.39, 0.29) is 23.8 Å². The summed E-state index contributed by atoms with van der Waals surface area (Å²) in [4.78, 5) is 29.3. The monoisotopic (exact) mass is 476 g/mol. The molecule has 2 aromatic carbocycles. The molecule has 176 valence electrons. The molecule has 34 heavy (non-hydrogen) atoms. The Kier molecular flexibility index (Phi) is 6.54. The number of thiophene rings is 1. The number of hydrogen-bond acceptors (Lipinski definition) is 5. The van der Waals surface area contributed by atoms with Gasteiger partial charge < -0.3 is 19.7 Å². The Balaban J connectivity index is 1.31. The highest BCUT2D eigenvalue weighted by Gasteiger charge is 2.41. The van der Waals surface area contributed by atoms with Crippen molar-refractivity contribution >= 4 is 28.8 Å². The van der Waals surface area contributed by atoms with Gasteiger partial charge in [0, 0.05) is 23.5 Å². The third-order valence-electron chi connectivity index (χ3n) is 6.40. The van der Waals surface area contributed by atoms with Crippen LogP contribution in [-0.4, -0.2) is 31.6 Å². The van der Waals surface area contributed by atoms with E-state index in [0.29, 0.717) is 39.0 Å². The van der Waals surface area contributed by atoms with Crippen LogP contribution < -0.4 is 19.7 Å². The number of nitrogens with zero attached hydrogens (tertiary/aromatic N) is 1. The third-order valence-corrected chi connectivity index (χ3v) is 7.34. The van der Waals surface area contributed by atoms with Crippen LogP contribution in [0.5, 0.6) is 11.5 Å². The van der Waals surface area contributed by atoms with E-state index < -0.39 is 0 Å². The molecule has 2 aliphatic rings. The molecule has 6 nitrogen and oxygen atoms in total. The number of nitrogens with one attached hydrogen (secondary N) is 1. The summed E-state index contributed by atoms with van der Waals surface area (Å²) in [5, 5.41) is 5.12. The van der Waals surface area contributed by atoms with Crippen LogP contribution in [0.25, 0.3) is 0 Å². The van der Waals surface area contributed by atoms with E-state index >= 15 is 0 Å². The van der Waals surface area contributed by atoms with Crippen molar-refractivity contribution in [1.29, 1.82) is 0 Å². The van der Waals surface area contributed by atoms with Gasteiger partial charge in [-0.15, -0.1) is 11.3 Å². The first-order valence-corrected chi connectivity index (χ1v) is 12.6. The first-order valence-electron chi connectivity index (χ1n) is 11.7. The van der Waals surface area contributed by atoms with Crippen LogP contribution in [0.2, 0.25) is 0 Å². The first-order chi connectivity index (χ1) is 16.6. The van der Waals surface area contributed by atoms with Crippen LogP contribution in [0.15, 0.2) is 60.0 Å². The van der Waals surface area contributed by atoms with Crippen molar-refractivity contribution in [2.24, 2.45) is 5.92 Å². The van der Waals surface area contributed by atoms with E-state index in [1.165, 1.54) is 0 Å². The Bertz CT molecular complexity index is 1160. The third kappa shape index (κ3) is 4.66. The zero-order chi connectivity index (χ0) is 23.5. The number of amides is 2. The maximum atomic E-state index is 13.4. The minimum Gasteiger partial charge on any atom is -0.486 e. The predicted molar refractivity (Wildman–Crippen MR) is 133 cm³/mol. The van der Waals surface area contributed by atoms with Crippen LogP contribution in [-0.2, 0) is 16.0 Å². The van der Waals surface area contributed by atoms with E-state index in [0.717, 1.165) is 33.2 Å². The maximum absolute atomic E-state index is 13.4. The molecule has 2 amide bonds. The van der Waals surface area contributed by atoms with E-state index in [1.807, 2.05) is 71.8 Å². The molecule has 0 radical (unpaired) electrons. The molecule has 0 spiro atoms. The number of rotatable bonds is 6. The van der Waals surface area contributed by atoms with Crippen molar-refractivity contribution in [2.45, 2.75) is 32.2 Å². The van der Waals surface area contributed by atoms with Gasteiger partial charge >= 0.3 is 0 Å². The molecule has 2 atom stereocenters. The fourth-order valence-electron chi connectivity index (χ4n) is 4.67. The highest BCUT2D eigenvalue weighted by atomic mass is 32.1. The van der Waals surface area contributed by atoms with E-state index in [1.54, 1.807) is 11.3 Å². The van der Waals surface area contributed by atoms with E-state index in [4.69, 9.17) is 9.47 Å². The lowest BCUT2D eigenvalue weighted by Crippen LogP contribution is -2.48. The summed E-state index contributed by atoms with van der Waals surface area (Å²) in [6.45, 7) is 3.66. The van der Waals surface area contributed by atoms with Crippen LogP contribution >= 0.6 is 11.3 Å². The average molecular weight is 477 g/mol. The van der Waals surface area contributed by atoms with Gasteiger partial charge in [0.25, 0.3) is 0 Å². The highest BCUT2D eigenvalue weighted by Crippen LogP contribution is 2.41. The van der Waals surface area contributed by atoms with Gasteiger partial charge in [-0.1, -0.05) is 29.8 Å². The lowest BCUT2D eigenvalue weighted by Gasteiger charge is -2.40. The number of aryl methyl sites for hydroxylation is 1. The second-order valence-corrected chi connectivity index (χ2v) is 9.70. The summed E-state index contributed by atoms with van der Waals surface area (Å²) in [7, 11) is 0. The van der Waals surface area contributed by atoms with Gasteiger partial charge in [0.15, 0.2) is 11.5 Å². The average Bonchev–Trinajstić information content (AvgIpc) is 3.39. The van der Waals surface area contributed by atoms with Crippen molar-refractivity contribution in [3.05, 3.63) is 76.0 Å². The topological polar surface area (TPSA) is 67.9 Å². The smallest absolute Gasteiger partial charge is 0.227 e. The Labute approximate surface area is 203 Å². The van der Waals surface area contributed by atoms with Gasteiger partial charge in [-0.25, -0.2) is 0 Å². The number of hydrogen-bond donors (Lipinski definition) is 1. The molecule has 7 heteroatoms. The Morgan fingerprint density at radius 2 is 1.88 bits per heavy atom. The molecule has 1 aromatic heterocycles. The second kappa shape index (κ2) is 9.89. The van der Waals surface area contributed by atoms with Crippen molar-refractivity contribution in [3.63, 3.8) is 0 Å². The molecule has 2 unspecified atom stereocenters. The SMILES string of the molecule is Cc1ccc(N2C(=O)CCC(C(=O)NCCc3ccc4c(c3)OCCO4)C2c2cccs2)cc1. The predicted octanol–water partition coefficient (Wildman–Crippen LogP) is 4.67. The number of fused-ring (bicyclic) bond motifs is 1.